The number of imide groups is 1. The molecule has 0 spiro atoms. The molecular weight excluding hydrogens is 230 g/mol. The zero-order valence-electron chi connectivity index (χ0n) is 11.5. The smallest absolute Gasteiger partial charge is 0.246 e. The van der Waals surface area contributed by atoms with E-state index in [1.54, 1.807) is 0 Å². The van der Waals surface area contributed by atoms with Crippen LogP contribution in [0.2, 0.25) is 0 Å². The van der Waals surface area contributed by atoms with Crippen LogP contribution < -0.4 is 5.32 Å². The molecule has 1 aliphatic heterocycles. The fourth-order valence-electron chi connectivity index (χ4n) is 1.96. The fourth-order valence-corrected chi connectivity index (χ4v) is 1.96. The Balaban J connectivity index is 2.58. The maximum absolute atomic E-state index is 11.7. The zero-order valence-corrected chi connectivity index (χ0v) is 11.5. The SMILES string of the molecule is CC(C)(C#N)CCCN1CC(=O)NC(=O)C1(C)C. The van der Waals surface area contributed by atoms with Gasteiger partial charge < -0.3 is 0 Å². The summed E-state index contributed by atoms with van der Waals surface area (Å²) in [6.45, 7) is 8.30. The van der Waals surface area contributed by atoms with Crippen molar-refractivity contribution in [2.45, 2.75) is 46.1 Å². The number of piperazine rings is 1. The molecule has 5 nitrogen and oxygen atoms in total. The van der Waals surface area contributed by atoms with E-state index >= 15 is 0 Å². The Kier molecular flexibility index (Phi) is 4.12. The molecule has 1 N–H and O–H groups in total. The van der Waals surface area contributed by atoms with Crippen molar-refractivity contribution in [2.24, 2.45) is 5.41 Å². The van der Waals surface area contributed by atoms with E-state index in [1.807, 2.05) is 32.6 Å². The molecule has 1 aliphatic rings. The normalized spacial score (nSPS) is 20.4. The summed E-state index contributed by atoms with van der Waals surface area (Å²) in [6, 6.07) is 2.25. The Hall–Kier alpha value is -1.41. The first-order valence-corrected chi connectivity index (χ1v) is 6.20. The van der Waals surface area contributed by atoms with Gasteiger partial charge in [0.2, 0.25) is 11.8 Å². The standard InChI is InChI=1S/C13H21N3O2/c1-12(2,9-14)6-5-7-16-8-10(17)15-11(18)13(16,3)4/h5-8H2,1-4H3,(H,15,17,18). The molecule has 0 aromatic carbocycles. The molecule has 5 heteroatoms. The van der Waals surface area contributed by atoms with Crippen molar-refractivity contribution in [1.82, 2.24) is 10.2 Å². The number of rotatable bonds is 4. The van der Waals surface area contributed by atoms with Crippen LogP contribution in [0.15, 0.2) is 0 Å². The summed E-state index contributed by atoms with van der Waals surface area (Å²) >= 11 is 0. The van der Waals surface area contributed by atoms with E-state index in [1.165, 1.54) is 0 Å². The highest BCUT2D eigenvalue weighted by molar-refractivity contribution is 6.02. The van der Waals surface area contributed by atoms with Crippen LogP contribution in [0.5, 0.6) is 0 Å². The highest BCUT2D eigenvalue weighted by Crippen LogP contribution is 2.23. The largest absolute Gasteiger partial charge is 0.294 e. The molecule has 1 fully saturated rings. The minimum atomic E-state index is -0.662. The summed E-state index contributed by atoms with van der Waals surface area (Å²) in [6.07, 6.45) is 1.55. The summed E-state index contributed by atoms with van der Waals surface area (Å²) in [7, 11) is 0. The average molecular weight is 251 g/mol. The second kappa shape index (κ2) is 5.07. The molecule has 100 valence electrons. The van der Waals surface area contributed by atoms with Crippen molar-refractivity contribution >= 4 is 11.8 Å². The summed E-state index contributed by atoms with van der Waals surface area (Å²) < 4.78 is 0. The van der Waals surface area contributed by atoms with E-state index in [-0.39, 0.29) is 23.8 Å². The first-order valence-electron chi connectivity index (χ1n) is 6.20. The summed E-state index contributed by atoms with van der Waals surface area (Å²) in [5.41, 5.74) is -1.02. The topological polar surface area (TPSA) is 73.2 Å². The van der Waals surface area contributed by atoms with Crippen molar-refractivity contribution in [3.05, 3.63) is 0 Å². The van der Waals surface area contributed by atoms with E-state index in [0.717, 1.165) is 12.8 Å². The molecule has 1 heterocycles. The quantitative estimate of drug-likeness (QED) is 0.758. The van der Waals surface area contributed by atoms with Crippen molar-refractivity contribution in [3.8, 4) is 6.07 Å². The van der Waals surface area contributed by atoms with Gasteiger partial charge in [-0.25, -0.2) is 0 Å². The van der Waals surface area contributed by atoms with Gasteiger partial charge >= 0.3 is 0 Å². The molecule has 1 rings (SSSR count). The van der Waals surface area contributed by atoms with E-state index in [2.05, 4.69) is 11.4 Å². The molecule has 0 unspecified atom stereocenters. The van der Waals surface area contributed by atoms with Crippen molar-refractivity contribution in [1.29, 1.82) is 5.26 Å². The van der Waals surface area contributed by atoms with Crippen LogP contribution in [-0.2, 0) is 9.59 Å². The van der Waals surface area contributed by atoms with Gasteiger partial charge in [0.1, 0.15) is 0 Å². The number of hydrogen-bond donors (Lipinski definition) is 1. The van der Waals surface area contributed by atoms with Crippen LogP contribution in [0.1, 0.15) is 40.5 Å². The monoisotopic (exact) mass is 251 g/mol. The van der Waals surface area contributed by atoms with Gasteiger partial charge in [-0.3, -0.25) is 19.8 Å². The lowest BCUT2D eigenvalue weighted by molar-refractivity contribution is -0.145. The van der Waals surface area contributed by atoms with Gasteiger partial charge in [0, 0.05) is 0 Å². The molecule has 2 amide bonds. The summed E-state index contributed by atoms with van der Waals surface area (Å²) in [5.74, 6) is -0.503. The Morgan fingerprint density at radius 3 is 2.61 bits per heavy atom. The predicted octanol–water partition coefficient (Wildman–Crippen LogP) is 1.05. The van der Waals surface area contributed by atoms with Crippen molar-refractivity contribution < 1.29 is 9.59 Å². The Morgan fingerprint density at radius 2 is 2.06 bits per heavy atom. The average Bonchev–Trinajstić information content (AvgIpc) is 2.25. The third-order valence-electron chi connectivity index (χ3n) is 3.47. The van der Waals surface area contributed by atoms with Crippen LogP contribution in [0.3, 0.4) is 0 Å². The highest BCUT2D eigenvalue weighted by atomic mass is 16.2. The molecule has 18 heavy (non-hydrogen) atoms. The summed E-state index contributed by atoms with van der Waals surface area (Å²) in [5, 5.41) is 11.3. The van der Waals surface area contributed by atoms with E-state index in [0.29, 0.717) is 6.54 Å². The maximum atomic E-state index is 11.7. The van der Waals surface area contributed by atoms with E-state index in [4.69, 9.17) is 5.26 Å². The fraction of sp³-hybridized carbons (Fsp3) is 0.769. The molecule has 0 bridgehead atoms. The van der Waals surface area contributed by atoms with Crippen LogP contribution in [0.4, 0.5) is 0 Å². The number of carbonyl (C=O) groups is 2. The second-order valence-corrected chi connectivity index (χ2v) is 5.96. The Bertz CT molecular complexity index is 394. The Morgan fingerprint density at radius 1 is 1.44 bits per heavy atom. The van der Waals surface area contributed by atoms with E-state index < -0.39 is 5.54 Å². The second-order valence-electron chi connectivity index (χ2n) is 5.96. The number of nitrogens with zero attached hydrogens (tertiary/aromatic N) is 2. The first kappa shape index (κ1) is 14.7. The molecule has 0 aromatic rings. The van der Waals surface area contributed by atoms with Gasteiger partial charge in [-0.1, -0.05) is 0 Å². The lowest BCUT2D eigenvalue weighted by Gasteiger charge is -2.40. The van der Waals surface area contributed by atoms with Gasteiger partial charge in [-0.05, 0) is 47.1 Å². The van der Waals surface area contributed by atoms with Crippen LogP contribution >= 0.6 is 0 Å². The molecule has 0 aliphatic carbocycles. The maximum Gasteiger partial charge on any atom is 0.246 e. The zero-order chi connectivity index (χ0) is 14.0. The number of carbonyl (C=O) groups excluding carboxylic acids is 2. The van der Waals surface area contributed by atoms with E-state index in [9.17, 15) is 9.59 Å². The number of nitriles is 1. The van der Waals surface area contributed by atoms with Crippen molar-refractivity contribution in [2.75, 3.05) is 13.1 Å². The number of amides is 2. The van der Waals surface area contributed by atoms with Gasteiger partial charge in [0.05, 0.1) is 23.6 Å². The lowest BCUT2D eigenvalue weighted by Crippen LogP contribution is -2.64. The molecule has 0 saturated carbocycles. The Labute approximate surface area is 108 Å². The molecule has 0 aromatic heterocycles. The van der Waals surface area contributed by atoms with Gasteiger partial charge in [0.25, 0.3) is 0 Å². The molecule has 0 radical (unpaired) electrons. The lowest BCUT2D eigenvalue weighted by atomic mass is 9.89. The van der Waals surface area contributed by atoms with Crippen molar-refractivity contribution in [3.63, 3.8) is 0 Å². The molecule has 1 saturated heterocycles. The first-order chi connectivity index (χ1) is 8.19. The number of nitrogens with one attached hydrogen (secondary N) is 1. The highest BCUT2D eigenvalue weighted by Gasteiger charge is 2.40. The molecule has 0 atom stereocenters. The van der Waals surface area contributed by atoms with Gasteiger partial charge in [-0.15, -0.1) is 0 Å². The minimum absolute atomic E-state index is 0.242. The predicted molar refractivity (Wildman–Crippen MR) is 67.4 cm³/mol. The summed E-state index contributed by atoms with van der Waals surface area (Å²) in [4.78, 5) is 25.0. The third-order valence-corrected chi connectivity index (χ3v) is 3.47. The minimum Gasteiger partial charge on any atom is -0.294 e. The van der Waals surface area contributed by atoms with Gasteiger partial charge in [0.15, 0.2) is 0 Å². The van der Waals surface area contributed by atoms with Gasteiger partial charge in [-0.2, -0.15) is 5.26 Å². The third kappa shape index (κ3) is 3.30. The molecular formula is C13H21N3O2. The van der Waals surface area contributed by atoms with Crippen LogP contribution in [0.25, 0.3) is 0 Å². The van der Waals surface area contributed by atoms with Crippen LogP contribution in [-0.4, -0.2) is 35.3 Å². The van der Waals surface area contributed by atoms with Crippen LogP contribution in [0, 0.1) is 16.7 Å². The number of hydrogen-bond acceptors (Lipinski definition) is 4.